The monoisotopic (exact) mass is 301 g/mol. The van der Waals surface area contributed by atoms with Gasteiger partial charge in [0.15, 0.2) is 0 Å². The third-order valence-corrected chi connectivity index (χ3v) is 3.59. The van der Waals surface area contributed by atoms with Gasteiger partial charge in [0.25, 0.3) is 0 Å². The van der Waals surface area contributed by atoms with Crippen molar-refractivity contribution in [3.63, 3.8) is 0 Å². The zero-order valence-corrected chi connectivity index (χ0v) is 13.3. The second-order valence-corrected chi connectivity index (χ2v) is 5.06. The number of aryl methyl sites for hydroxylation is 1. The van der Waals surface area contributed by atoms with Crippen LogP contribution in [0.5, 0.6) is 0 Å². The summed E-state index contributed by atoms with van der Waals surface area (Å²) in [5.74, 6) is 0.726. The van der Waals surface area contributed by atoms with Crippen LogP contribution in [0.3, 0.4) is 0 Å². The second kappa shape index (κ2) is 7.54. The summed E-state index contributed by atoms with van der Waals surface area (Å²) in [6.07, 6.45) is 1.59. The number of furan rings is 1. The Kier molecular flexibility index (Phi) is 5.47. The molecule has 2 rings (SSSR count). The van der Waals surface area contributed by atoms with Crippen molar-refractivity contribution in [1.82, 2.24) is 5.32 Å². The number of benzene rings is 1. The standard InChI is InChI=1S/C17H23N3O2/c1-4-20(5-2)14-8-9-16(13(3)11-14)19-17(21)18-12-15-7-6-10-22-15/h6-11H,4-5,12H2,1-3H3,(H2,18,19,21). The molecule has 0 radical (unpaired) electrons. The zero-order chi connectivity index (χ0) is 15.9. The molecule has 0 aliphatic heterocycles. The molecule has 0 unspecified atom stereocenters. The van der Waals surface area contributed by atoms with Gasteiger partial charge >= 0.3 is 6.03 Å². The van der Waals surface area contributed by atoms with Gasteiger partial charge in [-0.3, -0.25) is 0 Å². The fraction of sp³-hybridized carbons (Fsp3) is 0.353. The molecule has 1 aromatic carbocycles. The lowest BCUT2D eigenvalue weighted by Crippen LogP contribution is -2.28. The highest BCUT2D eigenvalue weighted by Gasteiger charge is 2.08. The average molecular weight is 301 g/mol. The minimum atomic E-state index is -0.241. The van der Waals surface area contributed by atoms with E-state index in [0.717, 1.165) is 30.1 Å². The van der Waals surface area contributed by atoms with Crippen molar-refractivity contribution in [3.8, 4) is 0 Å². The van der Waals surface area contributed by atoms with Gasteiger partial charge in [0.1, 0.15) is 5.76 Å². The molecule has 0 saturated heterocycles. The van der Waals surface area contributed by atoms with Crippen LogP contribution in [0.25, 0.3) is 0 Å². The highest BCUT2D eigenvalue weighted by atomic mass is 16.3. The van der Waals surface area contributed by atoms with E-state index in [9.17, 15) is 4.79 Å². The molecule has 1 aromatic heterocycles. The molecule has 1 heterocycles. The van der Waals surface area contributed by atoms with E-state index >= 15 is 0 Å². The molecule has 0 aliphatic carbocycles. The molecule has 22 heavy (non-hydrogen) atoms. The van der Waals surface area contributed by atoms with Crippen LogP contribution in [-0.2, 0) is 6.54 Å². The minimum absolute atomic E-state index is 0.241. The van der Waals surface area contributed by atoms with Gasteiger partial charge in [-0.05, 0) is 56.7 Å². The maximum Gasteiger partial charge on any atom is 0.319 e. The van der Waals surface area contributed by atoms with E-state index in [0.29, 0.717) is 6.54 Å². The van der Waals surface area contributed by atoms with Crippen LogP contribution in [0.1, 0.15) is 25.2 Å². The largest absolute Gasteiger partial charge is 0.467 e. The van der Waals surface area contributed by atoms with Gasteiger partial charge in [-0.25, -0.2) is 4.79 Å². The Hall–Kier alpha value is -2.43. The maximum atomic E-state index is 11.9. The molecule has 2 amide bonds. The Morgan fingerprint density at radius 3 is 2.59 bits per heavy atom. The van der Waals surface area contributed by atoms with E-state index in [4.69, 9.17) is 4.42 Å². The number of amides is 2. The van der Waals surface area contributed by atoms with Crippen molar-refractivity contribution < 1.29 is 9.21 Å². The van der Waals surface area contributed by atoms with Gasteiger partial charge in [-0.2, -0.15) is 0 Å². The lowest BCUT2D eigenvalue weighted by atomic mass is 10.1. The van der Waals surface area contributed by atoms with Gasteiger partial charge in [-0.15, -0.1) is 0 Å². The normalized spacial score (nSPS) is 10.3. The van der Waals surface area contributed by atoms with Crippen LogP contribution in [-0.4, -0.2) is 19.1 Å². The van der Waals surface area contributed by atoms with Crippen molar-refractivity contribution in [2.45, 2.75) is 27.3 Å². The fourth-order valence-electron chi connectivity index (χ4n) is 2.32. The number of carbonyl (C=O) groups is 1. The Balaban J connectivity index is 1.96. The molecule has 2 N–H and O–H groups in total. The van der Waals surface area contributed by atoms with E-state index in [1.54, 1.807) is 12.3 Å². The van der Waals surface area contributed by atoms with Gasteiger partial charge in [0, 0.05) is 24.5 Å². The molecule has 0 atom stereocenters. The average Bonchev–Trinajstić information content (AvgIpc) is 3.02. The predicted octanol–water partition coefficient (Wildman–Crippen LogP) is 3.76. The summed E-state index contributed by atoms with van der Waals surface area (Å²) in [7, 11) is 0. The molecular weight excluding hydrogens is 278 g/mol. The first kappa shape index (κ1) is 15.9. The topological polar surface area (TPSA) is 57.5 Å². The summed E-state index contributed by atoms with van der Waals surface area (Å²) in [4.78, 5) is 14.2. The fourth-order valence-corrected chi connectivity index (χ4v) is 2.32. The second-order valence-electron chi connectivity index (χ2n) is 5.06. The van der Waals surface area contributed by atoms with E-state index < -0.39 is 0 Å². The van der Waals surface area contributed by atoms with Crippen molar-refractivity contribution in [3.05, 3.63) is 47.9 Å². The molecule has 2 aromatic rings. The van der Waals surface area contributed by atoms with E-state index in [-0.39, 0.29) is 6.03 Å². The van der Waals surface area contributed by atoms with Crippen LogP contribution in [0.15, 0.2) is 41.0 Å². The SMILES string of the molecule is CCN(CC)c1ccc(NC(=O)NCc2ccco2)c(C)c1. The molecule has 5 heteroatoms. The van der Waals surface area contributed by atoms with Crippen molar-refractivity contribution in [1.29, 1.82) is 0 Å². The van der Waals surface area contributed by atoms with Gasteiger partial charge in [0.2, 0.25) is 0 Å². The highest BCUT2D eigenvalue weighted by molar-refractivity contribution is 5.90. The predicted molar refractivity (Wildman–Crippen MR) is 89.3 cm³/mol. The summed E-state index contributed by atoms with van der Waals surface area (Å²) in [5, 5.41) is 5.63. The molecule has 118 valence electrons. The van der Waals surface area contributed by atoms with Crippen LogP contribution in [0, 0.1) is 6.92 Å². The first-order valence-corrected chi connectivity index (χ1v) is 7.56. The number of anilines is 2. The van der Waals surface area contributed by atoms with Crippen molar-refractivity contribution in [2.75, 3.05) is 23.3 Å². The smallest absolute Gasteiger partial charge is 0.319 e. The molecule has 0 fully saturated rings. The number of hydrogen-bond acceptors (Lipinski definition) is 3. The lowest BCUT2D eigenvalue weighted by molar-refractivity contribution is 0.251. The summed E-state index contributed by atoms with van der Waals surface area (Å²) < 4.78 is 5.18. The van der Waals surface area contributed by atoms with E-state index in [1.807, 2.05) is 25.1 Å². The summed E-state index contributed by atoms with van der Waals surface area (Å²) in [5.41, 5.74) is 3.02. The number of nitrogens with zero attached hydrogens (tertiary/aromatic N) is 1. The third-order valence-electron chi connectivity index (χ3n) is 3.59. The Morgan fingerprint density at radius 1 is 1.23 bits per heavy atom. The Bertz CT molecular complexity index is 604. The summed E-state index contributed by atoms with van der Waals surface area (Å²) >= 11 is 0. The van der Waals surface area contributed by atoms with Crippen LogP contribution < -0.4 is 15.5 Å². The van der Waals surface area contributed by atoms with Crippen LogP contribution >= 0.6 is 0 Å². The number of nitrogens with one attached hydrogen (secondary N) is 2. The molecular formula is C17H23N3O2. The van der Waals surface area contributed by atoms with E-state index in [1.165, 1.54) is 5.69 Å². The molecule has 5 nitrogen and oxygen atoms in total. The van der Waals surface area contributed by atoms with Crippen LogP contribution in [0.2, 0.25) is 0 Å². The van der Waals surface area contributed by atoms with Gasteiger partial charge in [0.05, 0.1) is 12.8 Å². The summed E-state index contributed by atoms with van der Waals surface area (Å²) in [6.45, 7) is 8.56. The number of rotatable bonds is 6. The zero-order valence-electron chi connectivity index (χ0n) is 13.3. The van der Waals surface area contributed by atoms with Crippen molar-refractivity contribution in [2.24, 2.45) is 0 Å². The quantitative estimate of drug-likeness (QED) is 0.854. The molecule has 0 bridgehead atoms. The van der Waals surface area contributed by atoms with Gasteiger partial charge in [-0.1, -0.05) is 0 Å². The van der Waals surface area contributed by atoms with Crippen molar-refractivity contribution >= 4 is 17.4 Å². The summed E-state index contributed by atoms with van der Waals surface area (Å²) in [6, 6.07) is 9.44. The van der Waals surface area contributed by atoms with E-state index in [2.05, 4.69) is 35.4 Å². The Morgan fingerprint density at radius 2 is 2.00 bits per heavy atom. The maximum absolute atomic E-state index is 11.9. The Labute approximate surface area is 131 Å². The number of hydrogen-bond donors (Lipinski definition) is 2. The van der Waals surface area contributed by atoms with Crippen LogP contribution in [0.4, 0.5) is 16.2 Å². The molecule has 0 aliphatic rings. The third kappa shape index (κ3) is 4.04. The highest BCUT2D eigenvalue weighted by Crippen LogP contribution is 2.22. The molecule has 0 saturated carbocycles. The lowest BCUT2D eigenvalue weighted by Gasteiger charge is -2.22. The first-order valence-electron chi connectivity index (χ1n) is 7.56. The number of urea groups is 1. The molecule has 0 spiro atoms. The number of carbonyl (C=O) groups excluding carboxylic acids is 1. The first-order chi connectivity index (χ1) is 10.6. The minimum Gasteiger partial charge on any atom is -0.467 e. The van der Waals surface area contributed by atoms with Gasteiger partial charge < -0.3 is 20.0 Å².